The maximum atomic E-state index is 12.5. The van der Waals surface area contributed by atoms with Crippen LogP contribution in [0.5, 0.6) is 0 Å². The molecule has 1 aromatic carbocycles. The van der Waals surface area contributed by atoms with Crippen molar-refractivity contribution in [2.24, 2.45) is 0 Å². The van der Waals surface area contributed by atoms with Crippen LogP contribution in [0.25, 0.3) is 0 Å². The molecule has 0 saturated heterocycles. The molecule has 120 valence electrons. The first-order valence-corrected chi connectivity index (χ1v) is 7.97. The predicted molar refractivity (Wildman–Crippen MR) is 89.8 cm³/mol. The molecule has 2 heterocycles. The molecule has 0 fully saturated rings. The van der Waals surface area contributed by atoms with Crippen LogP contribution in [0.2, 0.25) is 0 Å². The summed E-state index contributed by atoms with van der Waals surface area (Å²) in [5, 5.41) is 0. The second-order valence-corrected chi connectivity index (χ2v) is 6.18. The molecule has 5 heteroatoms. The topological polar surface area (TPSA) is 72.1 Å². The van der Waals surface area contributed by atoms with E-state index in [1.165, 1.54) is 16.7 Å². The Morgan fingerprint density at radius 1 is 1.30 bits per heavy atom. The Kier molecular flexibility index (Phi) is 4.28. The number of nitrogens with two attached hydrogens (primary N) is 1. The van der Waals surface area contributed by atoms with Crippen LogP contribution in [0, 0.1) is 13.8 Å². The van der Waals surface area contributed by atoms with Gasteiger partial charge in [0, 0.05) is 19.2 Å². The highest BCUT2D eigenvalue weighted by molar-refractivity contribution is 5.76. The van der Waals surface area contributed by atoms with Crippen LogP contribution in [0.15, 0.2) is 24.4 Å². The van der Waals surface area contributed by atoms with Crippen molar-refractivity contribution in [3.63, 3.8) is 0 Å². The number of amides is 1. The Hall–Kier alpha value is -2.43. The van der Waals surface area contributed by atoms with Crippen molar-refractivity contribution in [1.82, 2.24) is 14.9 Å². The largest absolute Gasteiger partial charge is 0.368 e. The lowest BCUT2D eigenvalue weighted by atomic mass is 10.0. The molecule has 3 rings (SSSR count). The van der Waals surface area contributed by atoms with Gasteiger partial charge in [-0.15, -0.1) is 0 Å². The molecule has 5 nitrogen and oxygen atoms in total. The number of benzene rings is 1. The molecule has 0 unspecified atom stereocenters. The predicted octanol–water partition coefficient (Wildman–Crippen LogP) is 2.19. The van der Waals surface area contributed by atoms with E-state index in [1.54, 1.807) is 6.20 Å². The number of fused-ring (bicyclic) bond motifs is 1. The molecular formula is C18H22N4O. The minimum Gasteiger partial charge on any atom is -0.368 e. The van der Waals surface area contributed by atoms with Crippen molar-refractivity contribution in [3.8, 4) is 0 Å². The summed E-state index contributed by atoms with van der Waals surface area (Å²) < 4.78 is 0. The van der Waals surface area contributed by atoms with Crippen LogP contribution in [-0.4, -0.2) is 27.3 Å². The lowest BCUT2D eigenvalue weighted by molar-refractivity contribution is -0.132. The molecule has 2 aromatic rings. The van der Waals surface area contributed by atoms with Gasteiger partial charge in [0.25, 0.3) is 0 Å². The monoisotopic (exact) mass is 310 g/mol. The fourth-order valence-corrected chi connectivity index (χ4v) is 2.90. The molecule has 23 heavy (non-hydrogen) atoms. The quantitative estimate of drug-likeness (QED) is 0.943. The fraction of sp³-hybridized carbons (Fsp3) is 0.389. The summed E-state index contributed by atoms with van der Waals surface area (Å²) in [5.74, 6) is 0.444. The minimum atomic E-state index is 0.172. The highest BCUT2D eigenvalue weighted by Gasteiger charge is 2.21. The number of aromatic nitrogens is 2. The van der Waals surface area contributed by atoms with E-state index in [-0.39, 0.29) is 11.9 Å². The highest BCUT2D eigenvalue weighted by Crippen LogP contribution is 2.18. The summed E-state index contributed by atoms with van der Waals surface area (Å²) in [6, 6.07) is 6.39. The Morgan fingerprint density at radius 2 is 2.13 bits per heavy atom. The van der Waals surface area contributed by atoms with Crippen LogP contribution < -0.4 is 5.73 Å². The van der Waals surface area contributed by atoms with Gasteiger partial charge in [0.1, 0.15) is 0 Å². The van der Waals surface area contributed by atoms with Gasteiger partial charge in [-0.05, 0) is 48.9 Å². The zero-order valence-corrected chi connectivity index (χ0v) is 13.7. The lowest BCUT2D eigenvalue weighted by Crippen LogP contribution is -2.36. The number of nitrogen functional groups attached to an aromatic ring is 1. The summed E-state index contributed by atoms with van der Waals surface area (Å²) in [6.45, 7) is 5.47. The molecule has 0 saturated carbocycles. The molecule has 0 radical (unpaired) electrons. The van der Waals surface area contributed by atoms with E-state index in [4.69, 9.17) is 5.73 Å². The molecule has 0 spiro atoms. The third-order valence-corrected chi connectivity index (χ3v) is 4.52. The zero-order chi connectivity index (χ0) is 16.4. The molecule has 0 aliphatic carbocycles. The standard InChI is InChI=1S/C18H22N4O/c1-12-3-4-14(9-13(12)2)5-6-17(23)22-8-7-15-10-20-18(19)21-16(15)11-22/h3-4,9-10H,5-8,11H2,1-2H3,(H2,19,20,21). The summed E-state index contributed by atoms with van der Waals surface area (Å²) in [4.78, 5) is 22.6. The van der Waals surface area contributed by atoms with E-state index in [0.717, 1.165) is 30.6 Å². The summed E-state index contributed by atoms with van der Waals surface area (Å²) in [6.07, 6.45) is 3.87. The van der Waals surface area contributed by atoms with Crippen LogP contribution in [0.3, 0.4) is 0 Å². The average molecular weight is 310 g/mol. The number of hydrogen-bond acceptors (Lipinski definition) is 4. The van der Waals surface area contributed by atoms with Crippen molar-refractivity contribution in [2.45, 2.75) is 39.7 Å². The number of nitrogens with zero attached hydrogens (tertiary/aromatic N) is 3. The van der Waals surface area contributed by atoms with Crippen molar-refractivity contribution >= 4 is 11.9 Å². The maximum Gasteiger partial charge on any atom is 0.223 e. The first-order valence-electron chi connectivity index (χ1n) is 7.97. The Morgan fingerprint density at radius 3 is 2.91 bits per heavy atom. The van der Waals surface area contributed by atoms with Gasteiger partial charge in [-0.3, -0.25) is 4.79 Å². The third kappa shape index (κ3) is 3.50. The first kappa shape index (κ1) is 15.5. The lowest BCUT2D eigenvalue weighted by Gasteiger charge is -2.28. The number of carbonyl (C=O) groups excluding carboxylic acids is 1. The highest BCUT2D eigenvalue weighted by atomic mass is 16.2. The van der Waals surface area contributed by atoms with Crippen LogP contribution in [0.4, 0.5) is 5.95 Å². The summed E-state index contributed by atoms with van der Waals surface area (Å²) >= 11 is 0. The van der Waals surface area contributed by atoms with Crippen LogP contribution in [0.1, 0.15) is 34.4 Å². The molecule has 1 aromatic heterocycles. The number of aryl methyl sites for hydroxylation is 3. The van der Waals surface area contributed by atoms with E-state index in [2.05, 4.69) is 42.0 Å². The Labute approximate surface area is 136 Å². The summed E-state index contributed by atoms with van der Waals surface area (Å²) in [5.41, 5.74) is 11.4. The van der Waals surface area contributed by atoms with Crippen LogP contribution >= 0.6 is 0 Å². The maximum absolute atomic E-state index is 12.5. The van der Waals surface area contributed by atoms with Gasteiger partial charge < -0.3 is 10.6 Å². The number of anilines is 1. The van der Waals surface area contributed by atoms with E-state index in [9.17, 15) is 4.79 Å². The second kappa shape index (κ2) is 6.36. The summed E-state index contributed by atoms with van der Waals surface area (Å²) in [7, 11) is 0. The van der Waals surface area contributed by atoms with Crippen molar-refractivity contribution in [2.75, 3.05) is 12.3 Å². The first-order chi connectivity index (χ1) is 11.0. The Balaban J connectivity index is 1.62. The third-order valence-electron chi connectivity index (χ3n) is 4.52. The van der Waals surface area contributed by atoms with E-state index >= 15 is 0 Å². The van der Waals surface area contributed by atoms with Crippen molar-refractivity contribution < 1.29 is 4.79 Å². The molecule has 1 aliphatic heterocycles. The minimum absolute atomic E-state index is 0.172. The van der Waals surface area contributed by atoms with Gasteiger partial charge in [-0.25, -0.2) is 9.97 Å². The van der Waals surface area contributed by atoms with E-state index < -0.39 is 0 Å². The van der Waals surface area contributed by atoms with Gasteiger partial charge >= 0.3 is 0 Å². The molecule has 2 N–H and O–H groups in total. The number of carbonyl (C=O) groups is 1. The molecule has 0 bridgehead atoms. The van der Waals surface area contributed by atoms with Gasteiger partial charge in [-0.1, -0.05) is 18.2 Å². The SMILES string of the molecule is Cc1ccc(CCC(=O)N2CCc3cnc(N)nc3C2)cc1C. The smallest absolute Gasteiger partial charge is 0.223 e. The van der Waals surface area contributed by atoms with Gasteiger partial charge in [0.15, 0.2) is 0 Å². The molecular weight excluding hydrogens is 288 g/mol. The fourth-order valence-electron chi connectivity index (χ4n) is 2.90. The van der Waals surface area contributed by atoms with E-state index in [1.807, 2.05) is 4.90 Å². The zero-order valence-electron chi connectivity index (χ0n) is 13.7. The second-order valence-electron chi connectivity index (χ2n) is 6.18. The average Bonchev–Trinajstić information content (AvgIpc) is 2.55. The normalized spacial score (nSPS) is 13.7. The van der Waals surface area contributed by atoms with E-state index in [0.29, 0.717) is 13.0 Å². The van der Waals surface area contributed by atoms with Crippen molar-refractivity contribution in [1.29, 1.82) is 0 Å². The van der Waals surface area contributed by atoms with Crippen molar-refractivity contribution in [3.05, 3.63) is 52.3 Å². The number of rotatable bonds is 3. The molecule has 0 atom stereocenters. The van der Waals surface area contributed by atoms with Crippen LogP contribution in [-0.2, 0) is 24.2 Å². The Bertz CT molecular complexity index is 742. The van der Waals surface area contributed by atoms with Gasteiger partial charge in [-0.2, -0.15) is 0 Å². The van der Waals surface area contributed by atoms with Gasteiger partial charge in [0.2, 0.25) is 11.9 Å². The number of hydrogen-bond donors (Lipinski definition) is 1. The van der Waals surface area contributed by atoms with Gasteiger partial charge in [0.05, 0.1) is 12.2 Å². The molecule has 1 amide bonds. The molecule has 1 aliphatic rings.